The van der Waals surface area contributed by atoms with E-state index in [1.807, 2.05) is 25.1 Å². The van der Waals surface area contributed by atoms with Crippen LogP contribution in [0.15, 0.2) is 18.2 Å². The third-order valence-electron chi connectivity index (χ3n) is 2.44. The number of nitrogens with two attached hydrogens (primary N) is 1. The molecule has 0 fully saturated rings. The molecule has 1 aromatic rings. The molecule has 0 aromatic heterocycles. The van der Waals surface area contributed by atoms with E-state index in [4.69, 9.17) is 5.73 Å². The van der Waals surface area contributed by atoms with Crippen molar-refractivity contribution in [3.05, 3.63) is 23.8 Å². The van der Waals surface area contributed by atoms with Gasteiger partial charge in [0.1, 0.15) is 0 Å². The number of hydrogen-bond acceptors (Lipinski definition) is 3. The number of amides is 1. The highest BCUT2D eigenvalue weighted by atomic mass is 16.2. The highest BCUT2D eigenvalue weighted by molar-refractivity contribution is 5.77. The number of hydrogen-bond donors (Lipinski definition) is 2. The molecule has 3 N–H and O–H groups in total. The first-order valence-electron chi connectivity index (χ1n) is 5.31. The zero-order chi connectivity index (χ0) is 12.1. The Kier molecular flexibility index (Phi) is 4.17. The largest absolute Gasteiger partial charge is 0.397 e. The average Bonchev–Trinajstić information content (AvgIpc) is 2.22. The molecule has 4 heteroatoms. The van der Waals surface area contributed by atoms with Crippen molar-refractivity contribution in [2.75, 3.05) is 31.7 Å². The number of nitrogens with one attached hydrogen (secondary N) is 1. The topological polar surface area (TPSA) is 58.4 Å². The van der Waals surface area contributed by atoms with Gasteiger partial charge in [0.2, 0.25) is 5.91 Å². The lowest BCUT2D eigenvalue weighted by Gasteiger charge is -2.13. The van der Waals surface area contributed by atoms with Gasteiger partial charge in [-0.25, -0.2) is 0 Å². The van der Waals surface area contributed by atoms with Gasteiger partial charge in [-0.2, -0.15) is 0 Å². The first kappa shape index (κ1) is 12.4. The summed E-state index contributed by atoms with van der Waals surface area (Å²) in [4.78, 5) is 12.9. The molecule has 1 amide bonds. The second-order valence-electron chi connectivity index (χ2n) is 4.00. The summed E-state index contributed by atoms with van der Waals surface area (Å²) < 4.78 is 0. The number of nitrogen functional groups attached to an aromatic ring is 1. The average molecular weight is 221 g/mol. The number of para-hydroxylation sites is 1. The second-order valence-corrected chi connectivity index (χ2v) is 4.00. The highest BCUT2D eigenvalue weighted by Crippen LogP contribution is 2.22. The Morgan fingerprint density at radius 1 is 1.44 bits per heavy atom. The van der Waals surface area contributed by atoms with Crippen molar-refractivity contribution in [2.24, 2.45) is 0 Å². The van der Waals surface area contributed by atoms with E-state index >= 15 is 0 Å². The van der Waals surface area contributed by atoms with Gasteiger partial charge in [0.25, 0.3) is 0 Å². The van der Waals surface area contributed by atoms with Crippen molar-refractivity contribution in [1.82, 2.24) is 4.90 Å². The van der Waals surface area contributed by atoms with Crippen LogP contribution < -0.4 is 11.1 Å². The van der Waals surface area contributed by atoms with Gasteiger partial charge in [0, 0.05) is 27.1 Å². The molecule has 0 heterocycles. The van der Waals surface area contributed by atoms with Gasteiger partial charge < -0.3 is 16.0 Å². The van der Waals surface area contributed by atoms with Crippen LogP contribution in [-0.2, 0) is 4.79 Å². The highest BCUT2D eigenvalue weighted by Gasteiger charge is 2.05. The van der Waals surface area contributed by atoms with Crippen molar-refractivity contribution in [3.63, 3.8) is 0 Å². The van der Waals surface area contributed by atoms with Gasteiger partial charge in [0.05, 0.1) is 11.4 Å². The number of nitrogens with zero attached hydrogens (tertiary/aromatic N) is 1. The van der Waals surface area contributed by atoms with Crippen LogP contribution in [0.2, 0.25) is 0 Å². The van der Waals surface area contributed by atoms with E-state index in [2.05, 4.69) is 5.32 Å². The summed E-state index contributed by atoms with van der Waals surface area (Å²) in [5, 5.41) is 3.19. The zero-order valence-corrected chi connectivity index (χ0v) is 10.1. The number of carbonyl (C=O) groups excluding carboxylic acids is 1. The lowest BCUT2D eigenvalue weighted by molar-refractivity contribution is -0.128. The smallest absolute Gasteiger partial charge is 0.223 e. The van der Waals surface area contributed by atoms with Crippen LogP contribution in [0.4, 0.5) is 11.4 Å². The number of aryl methyl sites for hydroxylation is 1. The Bertz CT molecular complexity index is 354. The molecular weight excluding hydrogens is 202 g/mol. The van der Waals surface area contributed by atoms with Crippen LogP contribution >= 0.6 is 0 Å². The minimum Gasteiger partial charge on any atom is -0.397 e. The Hall–Kier alpha value is -1.71. The third-order valence-corrected chi connectivity index (χ3v) is 2.44. The van der Waals surface area contributed by atoms with Gasteiger partial charge in [0.15, 0.2) is 0 Å². The molecule has 0 aliphatic rings. The van der Waals surface area contributed by atoms with Crippen LogP contribution in [0, 0.1) is 6.92 Å². The fourth-order valence-electron chi connectivity index (χ4n) is 1.45. The predicted octanol–water partition coefficient (Wildman–Crippen LogP) is 1.47. The Balaban J connectivity index is 2.52. The molecule has 88 valence electrons. The molecule has 0 aliphatic heterocycles. The number of carbonyl (C=O) groups is 1. The molecule has 0 radical (unpaired) electrons. The maximum atomic E-state index is 11.4. The fraction of sp³-hybridized carbons (Fsp3) is 0.417. The molecule has 0 unspecified atom stereocenters. The molecule has 0 spiro atoms. The minimum absolute atomic E-state index is 0.111. The molecule has 1 rings (SSSR count). The van der Waals surface area contributed by atoms with E-state index in [0.29, 0.717) is 13.0 Å². The molecule has 0 saturated heterocycles. The van der Waals surface area contributed by atoms with Crippen LogP contribution in [0.5, 0.6) is 0 Å². The molecule has 1 aromatic carbocycles. The molecular formula is C12H19N3O. The lowest BCUT2D eigenvalue weighted by Crippen LogP contribution is -2.24. The van der Waals surface area contributed by atoms with Crippen molar-refractivity contribution in [3.8, 4) is 0 Å². The Morgan fingerprint density at radius 3 is 2.69 bits per heavy atom. The minimum atomic E-state index is 0.111. The quantitative estimate of drug-likeness (QED) is 0.757. The van der Waals surface area contributed by atoms with E-state index in [0.717, 1.165) is 16.9 Å². The second kappa shape index (κ2) is 5.39. The first-order valence-corrected chi connectivity index (χ1v) is 5.31. The summed E-state index contributed by atoms with van der Waals surface area (Å²) in [5.74, 6) is 0.111. The van der Waals surface area contributed by atoms with Crippen molar-refractivity contribution in [2.45, 2.75) is 13.3 Å². The maximum absolute atomic E-state index is 11.4. The van der Waals surface area contributed by atoms with Gasteiger partial charge in [-0.3, -0.25) is 4.79 Å². The van der Waals surface area contributed by atoms with Gasteiger partial charge in [-0.05, 0) is 18.6 Å². The number of anilines is 2. The van der Waals surface area contributed by atoms with E-state index in [9.17, 15) is 4.79 Å². The molecule has 0 aliphatic carbocycles. The fourth-order valence-corrected chi connectivity index (χ4v) is 1.45. The Morgan fingerprint density at radius 2 is 2.12 bits per heavy atom. The number of benzene rings is 1. The van der Waals surface area contributed by atoms with E-state index < -0.39 is 0 Å². The summed E-state index contributed by atoms with van der Waals surface area (Å²) in [5.41, 5.74) is 8.58. The Labute approximate surface area is 96.4 Å². The van der Waals surface area contributed by atoms with Gasteiger partial charge in [-0.15, -0.1) is 0 Å². The van der Waals surface area contributed by atoms with E-state index in [1.165, 1.54) is 0 Å². The van der Waals surface area contributed by atoms with Crippen molar-refractivity contribution in [1.29, 1.82) is 0 Å². The molecule has 16 heavy (non-hydrogen) atoms. The summed E-state index contributed by atoms with van der Waals surface area (Å²) in [6.45, 7) is 2.60. The molecule has 4 nitrogen and oxygen atoms in total. The molecule has 0 atom stereocenters. The van der Waals surface area contributed by atoms with Crippen LogP contribution in [-0.4, -0.2) is 31.4 Å². The third kappa shape index (κ3) is 3.15. The van der Waals surface area contributed by atoms with Gasteiger partial charge >= 0.3 is 0 Å². The zero-order valence-electron chi connectivity index (χ0n) is 10.1. The predicted molar refractivity (Wildman–Crippen MR) is 67.4 cm³/mol. The number of rotatable bonds is 4. The molecule has 0 saturated carbocycles. The summed E-state index contributed by atoms with van der Waals surface area (Å²) in [6.07, 6.45) is 0.473. The molecule has 0 bridgehead atoms. The lowest BCUT2D eigenvalue weighted by atomic mass is 10.1. The van der Waals surface area contributed by atoms with Crippen molar-refractivity contribution >= 4 is 17.3 Å². The van der Waals surface area contributed by atoms with Crippen LogP contribution in [0.3, 0.4) is 0 Å². The van der Waals surface area contributed by atoms with Crippen LogP contribution in [0.1, 0.15) is 12.0 Å². The first-order chi connectivity index (χ1) is 7.52. The van der Waals surface area contributed by atoms with E-state index in [-0.39, 0.29) is 5.91 Å². The summed E-state index contributed by atoms with van der Waals surface area (Å²) in [7, 11) is 3.51. The standard InChI is InChI=1S/C12H19N3O/c1-9-5-4-6-10(13)12(9)14-8-7-11(16)15(2)3/h4-6,14H,7-8,13H2,1-3H3. The van der Waals surface area contributed by atoms with E-state index in [1.54, 1.807) is 19.0 Å². The SMILES string of the molecule is Cc1cccc(N)c1NCCC(=O)N(C)C. The van der Waals surface area contributed by atoms with Crippen molar-refractivity contribution < 1.29 is 4.79 Å². The monoisotopic (exact) mass is 221 g/mol. The summed E-state index contributed by atoms with van der Waals surface area (Å²) >= 11 is 0. The maximum Gasteiger partial charge on any atom is 0.223 e. The van der Waals surface area contributed by atoms with Gasteiger partial charge in [-0.1, -0.05) is 12.1 Å². The van der Waals surface area contributed by atoms with Crippen LogP contribution in [0.25, 0.3) is 0 Å². The normalized spacial score (nSPS) is 9.94. The summed E-state index contributed by atoms with van der Waals surface area (Å²) in [6, 6.07) is 5.76.